The molecule has 0 saturated carbocycles. The number of amides is 1. The lowest BCUT2D eigenvalue weighted by Gasteiger charge is -2.22. The Hall–Kier alpha value is -2.46. The van der Waals surface area contributed by atoms with Crippen molar-refractivity contribution >= 4 is 11.7 Å². The molecular formula is C18H19NO3. The summed E-state index contributed by atoms with van der Waals surface area (Å²) in [4.78, 5) is 25.4. The van der Waals surface area contributed by atoms with Crippen molar-refractivity contribution in [3.05, 3.63) is 71.3 Å². The fraction of sp³-hybridized carbons (Fsp3) is 0.222. The molecule has 4 nitrogen and oxygen atoms in total. The van der Waals surface area contributed by atoms with Crippen LogP contribution in [0.1, 0.15) is 33.2 Å². The van der Waals surface area contributed by atoms with Crippen LogP contribution in [0.4, 0.5) is 0 Å². The van der Waals surface area contributed by atoms with E-state index in [1.54, 1.807) is 29.2 Å². The zero-order valence-corrected chi connectivity index (χ0v) is 12.5. The predicted octanol–water partition coefficient (Wildman–Crippen LogP) is 2.52. The summed E-state index contributed by atoms with van der Waals surface area (Å²) in [5.41, 5.74) is 2.09. The van der Waals surface area contributed by atoms with Crippen LogP contribution < -0.4 is 0 Å². The third-order valence-electron chi connectivity index (χ3n) is 3.41. The van der Waals surface area contributed by atoms with Crippen LogP contribution in [0.15, 0.2) is 54.6 Å². The number of Topliss-reactive ketones (excluding diaryl/α,β-unsaturated/α-hetero) is 1. The minimum atomic E-state index is -0.159. The topological polar surface area (TPSA) is 57.6 Å². The lowest BCUT2D eigenvalue weighted by molar-refractivity contribution is 0.0707. The highest BCUT2D eigenvalue weighted by Gasteiger charge is 2.16. The van der Waals surface area contributed by atoms with Crippen LogP contribution in [0, 0.1) is 0 Å². The summed E-state index contributed by atoms with van der Waals surface area (Å²) in [5, 5.41) is 9.19. The number of aliphatic hydroxyl groups excluding tert-OH is 1. The summed E-state index contributed by atoms with van der Waals surface area (Å²) in [6, 6.07) is 16.2. The van der Waals surface area contributed by atoms with Gasteiger partial charge in [-0.3, -0.25) is 9.59 Å². The minimum absolute atomic E-state index is 0.0319. The van der Waals surface area contributed by atoms with E-state index in [1.807, 2.05) is 30.3 Å². The first-order chi connectivity index (χ1) is 10.6. The van der Waals surface area contributed by atoms with Gasteiger partial charge in [0.1, 0.15) is 0 Å². The Morgan fingerprint density at radius 3 is 2.09 bits per heavy atom. The quantitative estimate of drug-likeness (QED) is 0.834. The van der Waals surface area contributed by atoms with E-state index in [2.05, 4.69) is 0 Å². The van der Waals surface area contributed by atoms with E-state index in [0.29, 0.717) is 17.7 Å². The highest BCUT2D eigenvalue weighted by molar-refractivity contribution is 5.97. The van der Waals surface area contributed by atoms with Crippen molar-refractivity contribution in [2.24, 2.45) is 0 Å². The summed E-state index contributed by atoms with van der Waals surface area (Å²) in [6.07, 6.45) is 0. The first kappa shape index (κ1) is 15.9. The Morgan fingerprint density at radius 1 is 0.955 bits per heavy atom. The number of carbonyl (C=O) groups excluding carboxylic acids is 2. The number of ketones is 1. The lowest BCUT2D eigenvalue weighted by Crippen LogP contribution is -2.33. The first-order valence-electron chi connectivity index (χ1n) is 7.17. The molecule has 1 N–H and O–H groups in total. The molecule has 0 atom stereocenters. The molecule has 0 unspecified atom stereocenters. The van der Waals surface area contributed by atoms with Crippen molar-refractivity contribution in [2.45, 2.75) is 13.5 Å². The molecule has 0 aliphatic carbocycles. The van der Waals surface area contributed by atoms with Gasteiger partial charge in [0.05, 0.1) is 6.61 Å². The van der Waals surface area contributed by atoms with Crippen LogP contribution in [0.3, 0.4) is 0 Å². The summed E-state index contributed by atoms with van der Waals surface area (Å²) in [5.74, 6) is -0.191. The van der Waals surface area contributed by atoms with Gasteiger partial charge in [-0.15, -0.1) is 0 Å². The highest BCUT2D eigenvalue weighted by atomic mass is 16.3. The van der Waals surface area contributed by atoms with Gasteiger partial charge < -0.3 is 10.0 Å². The third kappa shape index (κ3) is 4.02. The van der Waals surface area contributed by atoms with Crippen molar-refractivity contribution in [3.63, 3.8) is 0 Å². The average molecular weight is 297 g/mol. The molecule has 2 aromatic carbocycles. The van der Waals surface area contributed by atoms with E-state index < -0.39 is 0 Å². The molecule has 114 valence electrons. The van der Waals surface area contributed by atoms with Crippen LogP contribution in [0.25, 0.3) is 0 Å². The summed E-state index contributed by atoms with van der Waals surface area (Å²) < 4.78 is 0. The van der Waals surface area contributed by atoms with Crippen LogP contribution in [-0.4, -0.2) is 34.8 Å². The first-order valence-corrected chi connectivity index (χ1v) is 7.17. The number of nitrogens with zero attached hydrogens (tertiary/aromatic N) is 1. The van der Waals surface area contributed by atoms with E-state index in [1.165, 1.54) is 6.92 Å². The number of hydrogen-bond acceptors (Lipinski definition) is 3. The molecule has 0 saturated heterocycles. The van der Waals surface area contributed by atoms with Gasteiger partial charge in [0.25, 0.3) is 5.91 Å². The number of aliphatic hydroxyl groups is 1. The van der Waals surface area contributed by atoms with Gasteiger partial charge >= 0.3 is 0 Å². The SMILES string of the molecule is CC(=O)c1ccc(C(=O)N(CCO)Cc2ccccc2)cc1. The molecule has 2 rings (SSSR count). The fourth-order valence-electron chi connectivity index (χ4n) is 2.21. The van der Waals surface area contributed by atoms with Gasteiger partial charge in [-0.2, -0.15) is 0 Å². The normalized spacial score (nSPS) is 10.3. The van der Waals surface area contributed by atoms with Crippen molar-refractivity contribution in [1.29, 1.82) is 0 Å². The second kappa shape index (κ2) is 7.52. The smallest absolute Gasteiger partial charge is 0.254 e. The van der Waals surface area contributed by atoms with Gasteiger partial charge in [-0.05, 0) is 24.6 Å². The monoisotopic (exact) mass is 297 g/mol. The molecule has 0 spiro atoms. The maximum absolute atomic E-state index is 12.6. The average Bonchev–Trinajstić information content (AvgIpc) is 2.55. The van der Waals surface area contributed by atoms with E-state index in [9.17, 15) is 14.7 Å². The van der Waals surface area contributed by atoms with Crippen molar-refractivity contribution in [2.75, 3.05) is 13.2 Å². The van der Waals surface area contributed by atoms with Gasteiger partial charge in [0.2, 0.25) is 0 Å². The lowest BCUT2D eigenvalue weighted by atomic mass is 10.1. The molecule has 0 bridgehead atoms. The van der Waals surface area contributed by atoms with Gasteiger partial charge in [0.15, 0.2) is 5.78 Å². The van der Waals surface area contributed by atoms with Crippen LogP contribution in [-0.2, 0) is 6.54 Å². The Kier molecular flexibility index (Phi) is 5.44. The van der Waals surface area contributed by atoms with Crippen LogP contribution >= 0.6 is 0 Å². The van der Waals surface area contributed by atoms with Gasteiger partial charge in [-0.1, -0.05) is 42.5 Å². The standard InChI is InChI=1S/C18H19NO3/c1-14(21)16-7-9-17(10-8-16)18(22)19(11-12-20)13-15-5-3-2-4-6-15/h2-10,20H,11-13H2,1H3. The molecule has 1 amide bonds. The van der Waals surface area contributed by atoms with Crippen molar-refractivity contribution < 1.29 is 14.7 Å². The Bertz CT molecular complexity index is 635. The third-order valence-corrected chi connectivity index (χ3v) is 3.41. The zero-order valence-electron chi connectivity index (χ0n) is 12.5. The van der Waals surface area contributed by atoms with Crippen molar-refractivity contribution in [1.82, 2.24) is 4.90 Å². The maximum atomic E-state index is 12.6. The van der Waals surface area contributed by atoms with E-state index in [4.69, 9.17) is 0 Å². The van der Waals surface area contributed by atoms with Crippen LogP contribution in [0.2, 0.25) is 0 Å². The molecule has 2 aromatic rings. The number of benzene rings is 2. The fourth-order valence-corrected chi connectivity index (χ4v) is 2.21. The molecular weight excluding hydrogens is 278 g/mol. The second-order valence-electron chi connectivity index (χ2n) is 5.07. The zero-order chi connectivity index (χ0) is 15.9. The summed E-state index contributed by atoms with van der Waals surface area (Å²) in [6.45, 7) is 2.10. The summed E-state index contributed by atoms with van der Waals surface area (Å²) >= 11 is 0. The van der Waals surface area contributed by atoms with Gasteiger partial charge in [0, 0.05) is 24.2 Å². The number of rotatable bonds is 6. The van der Waals surface area contributed by atoms with E-state index in [0.717, 1.165) is 5.56 Å². The largest absolute Gasteiger partial charge is 0.395 e. The summed E-state index contributed by atoms with van der Waals surface area (Å²) in [7, 11) is 0. The molecule has 4 heteroatoms. The van der Waals surface area contributed by atoms with E-state index >= 15 is 0 Å². The number of carbonyl (C=O) groups is 2. The molecule has 0 aliphatic heterocycles. The van der Waals surface area contributed by atoms with Crippen LogP contribution in [0.5, 0.6) is 0 Å². The Labute approximate surface area is 130 Å². The van der Waals surface area contributed by atoms with Crippen molar-refractivity contribution in [3.8, 4) is 0 Å². The molecule has 22 heavy (non-hydrogen) atoms. The number of hydrogen-bond donors (Lipinski definition) is 1. The molecule has 0 aliphatic rings. The minimum Gasteiger partial charge on any atom is -0.395 e. The van der Waals surface area contributed by atoms with Gasteiger partial charge in [-0.25, -0.2) is 0 Å². The molecule has 0 aromatic heterocycles. The molecule has 0 heterocycles. The molecule has 0 fully saturated rings. The predicted molar refractivity (Wildman–Crippen MR) is 84.7 cm³/mol. The second-order valence-corrected chi connectivity index (χ2v) is 5.07. The van der Waals surface area contributed by atoms with E-state index in [-0.39, 0.29) is 24.8 Å². The molecule has 0 radical (unpaired) electrons. The Balaban J connectivity index is 2.16. The Morgan fingerprint density at radius 2 is 1.55 bits per heavy atom. The maximum Gasteiger partial charge on any atom is 0.254 e. The highest BCUT2D eigenvalue weighted by Crippen LogP contribution is 2.11.